The number of nitrogens with zero attached hydrogens (tertiary/aromatic N) is 1. The molecule has 0 unspecified atom stereocenters. The highest BCUT2D eigenvalue weighted by Crippen LogP contribution is 2.46. The van der Waals surface area contributed by atoms with Crippen LogP contribution < -0.4 is 0 Å². The molecule has 2 heteroatoms. The van der Waals surface area contributed by atoms with Crippen molar-refractivity contribution in [2.24, 2.45) is 0 Å². The Morgan fingerprint density at radius 3 is 1.17 bits per heavy atom. The minimum atomic E-state index is -0.219. The Balaban J connectivity index is 1.43. The van der Waals surface area contributed by atoms with Crippen LogP contribution in [0.2, 0.25) is 0 Å². The van der Waals surface area contributed by atoms with Gasteiger partial charge in [0.2, 0.25) is 0 Å². The van der Waals surface area contributed by atoms with Crippen molar-refractivity contribution < 1.29 is 4.65 Å². The largest absolute Gasteiger partial charge is 0.633 e. The highest BCUT2D eigenvalue weighted by atomic mass is 16.5. The average molecular weight is 904 g/mol. The van der Waals surface area contributed by atoms with Crippen LogP contribution in [-0.2, 0) is 5.41 Å². The number of rotatable bonds is 20. The molecule has 0 spiro atoms. The second-order valence-electron chi connectivity index (χ2n) is 19.3. The molecule has 0 aliphatic carbocycles. The van der Waals surface area contributed by atoms with Gasteiger partial charge in [0.15, 0.2) is 0 Å². The quantitative estimate of drug-likeness (QED) is 0.0246. The van der Waals surface area contributed by atoms with Crippen LogP contribution in [0.25, 0.3) is 44.6 Å². The molecule has 0 aliphatic rings. The first-order chi connectivity index (χ1) is 33.4. The summed E-state index contributed by atoms with van der Waals surface area (Å²) in [6.07, 6.45) is 9.43. The highest BCUT2D eigenvalue weighted by Gasteiger charge is 2.25. The number of quaternary nitrogens is 1. The van der Waals surface area contributed by atoms with Crippen LogP contribution in [0.3, 0.4) is 0 Å². The van der Waals surface area contributed by atoms with Gasteiger partial charge >= 0.3 is 0 Å². The summed E-state index contributed by atoms with van der Waals surface area (Å²) in [5, 5.41) is 12.1. The van der Waals surface area contributed by atoms with E-state index in [1.165, 1.54) is 27.8 Å². The predicted molar refractivity (Wildman–Crippen MR) is 301 cm³/mol. The van der Waals surface area contributed by atoms with Crippen molar-refractivity contribution in [1.82, 2.24) is 0 Å². The van der Waals surface area contributed by atoms with Crippen molar-refractivity contribution in [2.75, 3.05) is 20.6 Å². The number of allylic oxidation sites excluding steroid dienone is 10. The van der Waals surface area contributed by atoms with E-state index in [4.69, 9.17) is 0 Å². The third-order valence-electron chi connectivity index (χ3n) is 13.5. The fourth-order valence-corrected chi connectivity index (χ4v) is 9.65. The normalized spacial score (nSPS) is 13.4. The predicted octanol–water partition coefficient (Wildman–Crippen LogP) is 17.9. The molecule has 0 aliphatic heterocycles. The van der Waals surface area contributed by atoms with E-state index in [0.29, 0.717) is 6.54 Å². The van der Waals surface area contributed by atoms with Crippen molar-refractivity contribution in [3.05, 3.63) is 281 Å². The Kier molecular flexibility index (Phi) is 16.8. The Labute approximate surface area is 413 Å². The molecule has 7 aromatic carbocycles. The summed E-state index contributed by atoms with van der Waals surface area (Å²) in [5.41, 5.74) is 19.4. The average Bonchev–Trinajstić information content (AvgIpc) is 3.38. The van der Waals surface area contributed by atoms with Crippen LogP contribution in [-0.4, -0.2) is 25.3 Å². The molecule has 0 heterocycles. The number of hydroxylamine groups is 3. The summed E-state index contributed by atoms with van der Waals surface area (Å²) in [6, 6.07) is 72.0. The topological polar surface area (TPSA) is 23.1 Å². The van der Waals surface area contributed by atoms with Gasteiger partial charge in [-0.3, -0.25) is 0 Å². The number of hydrogen-bond acceptors (Lipinski definition) is 1. The summed E-state index contributed by atoms with van der Waals surface area (Å²) < 4.78 is -0.219. The summed E-state index contributed by atoms with van der Waals surface area (Å²) in [6.45, 7) is 18.9. The molecule has 0 radical (unpaired) electrons. The molecule has 2 nitrogen and oxygen atoms in total. The van der Waals surface area contributed by atoms with Gasteiger partial charge < -0.3 is 9.85 Å². The van der Waals surface area contributed by atoms with E-state index in [1.54, 1.807) is 14.1 Å². The van der Waals surface area contributed by atoms with Gasteiger partial charge in [-0.2, -0.15) is 0 Å². The fraction of sp³-hybridized carbons (Fsp3) is 0.194. The monoisotopic (exact) mass is 904 g/mol. The highest BCUT2D eigenvalue weighted by molar-refractivity contribution is 6.24. The van der Waals surface area contributed by atoms with Gasteiger partial charge in [0.1, 0.15) is 0 Å². The Bertz CT molecular complexity index is 2930. The minimum Gasteiger partial charge on any atom is -0.633 e. The summed E-state index contributed by atoms with van der Waals surface area (Å²) in [5.74, 6) is 0. The van der Waals surface area contributed by atoms with Crippen LogP contribution in [0.4, 0.5) is 0 Å². The van der Waals surface area contributed by atoms with Gasteiger partial charge in [-0.05, 0) is 133 Å². The van der Waals surface area contributed by atoms with E-state index >= 15 is 0 Å². The molecule has 0 aromatic heterocycles. The molecule has 0 fully saturated rings. The van der Waals surface area contributed by atoms with Crippen LogP contribution in [0.1, 0.15) is 110 Å². The second kappa shape index (κ2) is 23.3. The molecule has 0 amide bonds. The third-order valence-corrected chi connectivity index (χ3v) is 13.5. The lowest BCUT2D eigenvalue weighted by Crippen LogP contribution is -2.32. The first-order valence-corrected chi connectivity index (χ1v) is 24.6. The fourth-order valence-electron chi connectivity index (χ4n) is 9.65. The lowest BCUT2D eigenvalue weighted by atomic mass is 9.78. The maximum atomic E-state index is 12.1. The summed E-state index contributed by atoms with van der Waals surface area (Å²) >= 11 is 0. The van der Waals surface area contributed by atoms with Gasteiger partial charge in [0, 0.05) is 0 Å². The van der Waals surface area contributed by atoms with E-state index in [-0.39, 0.29) is 10.1 Å². The van der Waals surface area contributed by atoms with E-state index in [9.17, 15) is 5.21 Å². The zero-order valence-corrected chi connectivity index (χ0v) is 41.7. The maximum Gasteiger partial charge on any atom is 0.0779 e. The van der Waals surface area contributed by atoms with Crippen molar-refractivity contribution in [3.63, 3.8) is 0 Å². The van der Waals surface area contributed by atoms with Crippen molar-refractivity contribution >= 4 is 44.6 Å². The molecule has 348 valence electrons. The second-order valence-corrected chi connectivity index (χ2v) is 19.3. The van der Waals surface area contributed by atoms with Crippen LogP contribution in [0.15, 0.2) is 226 Å². The lowest BCUT2D eigenvalue weighted by Gasteiger charge is -2.33. The molecule has 0 bridgehead atoms. The van der Waals surface area contributed by atoms with Crippen LogP contribution >= 0.6 is 0 Å². The molecular weight excluding hydrogens is 835 g/mol. The molecule has 7 aromatic rings. The van der Waals surface area contributed by atoms with Crippen molar-refractivity contribution in [2.45, 2.75) is 65.2 Å². The molecule has 0 saturated heterocycles. The van der Waals surface area contributed by atoms with Gasteiger partial charge in [0.05, 0.1) is 20.6 Å². The van der Waals surface area contributed by atoms with Gasteiger partial charge in [-0.15, -0.1) is 0 Å². The molecular formula is C67H69NO. The Morgan fingerprint density at radius 2 is 0.768 bits per heavy atom. The number of benzene rings is 7. The SMILES string of the molecule is C=C/C(=C(\C(=C(/C)c1ccccc1)c1ccccc1)c1ccc(C(=C(/C=C)c2ccccc2)/C(=C(\C)c2cccc(C(C)(C)CCCCCC[N+](C)(C)[O-])c2)c2ccccc2)cc1)c1ccccc1. The molecule has 0 saturated carbocycles. The first-order valence-electron chi connectivity index (χ1n) is 24.6. The maximum absolute atomic E-state index is 12.1. The van der Waals surface area contributed by atoms with Gasteiger partial charge in [0.25, 0.3) is 0 Å². The number of hydrogen-bond donors (Lipinski definition) is 0. The van der Waals surface area contributed by atoms with E-state index in [0.717, 1.165) is 98.9 Å². The van der Waals surface area contributed by atoms with Crippen LogP contribution in [0.5, 0.6) is 0 Å². The van der Waals surface area contributed by atoms with E-state index < -0.39 is 0 Å². The van der Waals surface area contributed by atoms with E-state index in [1.807, 2.05) is 12.2 Å². The minimum absolute atomic E-state index is 0.0247. The first kappa shape index (κ1) is 49.8. The van der Waals surface area contributed by atoms with E-state index in [2.05, 4.69) is 241 Å². The number of unbranched alkanes of at least 4 members (excludes halogenated alkanes) is 3. The zero-order chi connectivity index (χ0) is 48.8. The van der Waals surface area contributed by atoms with Crippen molar-refractivity contribution in [3.8, 4) is 0 Å². The summed E-state index contributed by atoms with van der Waals surface area (Å²) in [7, 11) is 3.47. The molecule has 7 rings (SSSR count). The van der Waals surface area contributed by atoms with Gasteiger partial charge in [-0.1, -0.05) is 252 Å². The Hall–Kier alpha value is -7.10. The smallest absolute Gasteiger partial charge is 0.0779 e. The molecule has 69 heavy (non-hydrogen) atoms. The van der Waals surface area contributed by atoms with Crippen LogP contribution in [0, 0.1) is 5.21 Å². The third kappa shape index (κ3) is 12.5. The summed E-state index contributed by atoms with van der Waals surface area (Å²) in [4.78, 5) is 0. The zero-order valence-electron chi connectivity index (χ0n) is 41.7. The Morgan fingerprint density at radius 1 is 0.420 bits per heavy atom. The molecule has 0 atom stereocenters. The standard InChI is InChI=1S/C67H69NO/c1-9-61(53-33-20-14-21-34-53)65(63(55-37-24-16-25-38-55)50(3)52-31-18-13-19-32-52)57-43-45-58(46-44-57)66(62(10-2)54-35-22-15-23-36-54)64(56-39-26-17-27-40-56)51(4)59-41-30-42-60(49-59)67(5,6)47-28-11-12-29-48-68(7,8)69/h9-10,13-27,30-46,49H,1-2,11-12,28-29,47-48H2,3-8H3/b63-50+,64-51+,65-61+,66-62+. The molecule has 0 N–H and O–H groups in total. The lowest BCUT2D eigenvalue weighted by molar-refractivity contribution is -0.840. The van der Waals surface area contributed by atoms with Crippen molar-refractivity contribution in [1.29, 1.82) is 0 Å². The van der Waals surface area contributed by atoms with Gasteiger partial charge in [-0.25, -0.2) is 0 Å².